The van der Waals surface area contributed by atoms with Gasteiger partial charge in [0.2, 0.25) is 5.95 Å². The van der Waals surface area contributed by atoms with Crippen molar-refractivity contribution in [1.82, 2.24) is 9.55 Å². The molecule has 3 nitrogen and oxygen atoms in total. The number of hydrogen-bond donors (Lipinski definition) is 1. The molecule has 62 valence electrons. The van der Waals surface area contributed by atoms with Crippen molar-refractivity contribution in [3.05, 3.63) is 12.4 Å². The number of rotatable bonds is 0. The third kappa shape index (κ3) is 1.06. The third-order valence-electron chi connectivity index (χ3n) is 2.16. The lowest BCUT2D eigenvalue weighted by Gasteiger charge is -2.14. The fourth-order valence-corrected chi connectivity index (χ4v) is 1.13. The van der Waals surface area contributed by atoms with Crippen LogP contribution in [-0.2, 0) is 0 Å². The van der Waals surface area contributed by atoms with Crippen LogP contribution in [0.25, 0.3) is 0 Å². The van der Waals surface area contributed by atoms with Gasteiger partial charge in [0.25, 0.3) is 0 Å². The Labute approximate surface area is 71.8 Å². The summed E-state index contributed by atoms with van der Waals surface area (Å²) < 4.78 is 1.82. The Hall–Kier alpha value is -1.43. The predicted molar refractivity (Wildman–Crippen MR) is 47.6 cm³/mol. The average Bonchev–Trinajstić information content (AvgIpc) is 2.43. The van der Waals surface area contributed by atoms with Crippen molar-refractivity contribution in [2.75, 3.05) is 5.32 Å². The molecule has 3 heteroatoms. The van der Waals surface area contributed by atoms with Crippen molar-refractivity contribution in [1.29, 1.82) is 0 Å². The van der Waals surface area contributed by atoms with E-state index in [1.807, 2.05) is 10.8 Å². The first kappa shape index (κ1) is 7.23. The van der Waals surface area contributed by atoms with Crippen LogP contribution in [0.4, 0.5) is 5.95 Å². The Morgan fingerprint density at radius 2 is 2.42 bits per heavy atom. The Balaban J connectivity index is 2.41. The van der Waals surface area contributed by atoms with E-state index in [0.29, 0.717) is 12.0 Å². The van der Waals surface area contributed by atoms with Gasteiger partial charge in [-0.3, -0.25) is 0 Å². The second-order valence-electron chi connectivity index (χ2n) is 3.10. The van der Waals surface area contributed by atoms with E-state index in [-0.39, 0.29) is 0 Å². The molecule has 1 N–H and O–H groups in total. The zero-order valence-electron chi connectivity index (χ0n) is 7.20. The summed E-state index contributed by atoms with van der Waals surface area (Å²) in [4.78, 5) is 4.15. The molecule has 1 aromatic heterocycles. The van der Waals surface area contributed by atoms with Gasteiger partial charge >= 0.3 is 0 Å². The molecule has 0 amide bonds. The first-order chi connectivity index (χ1) is 5.77. The minimum Gasteiger partial charge on any atom is -0.351 e. The second-order valence-corrected chi connectivity index (χ2v) is 3.10. The second kappa shape index (κ2) is 2.56. The SMILES string of the molecule is CC1C#Cn2ccnc2NC1C. The van der Waals surface area contributed by atoms with Crippen LogP contribution in [-0.4, -0.2) is 15.6 Å². The normalized spacial score (nSPS) is 26.2. The quantitative estimate of drug-likeness (QED) is 0.578. The zero-order chi connectivity index (χ0) is 8.55. The standard InChI is InChI=1S/C9H11N3/c1-7-3-5-12-6-4-10-9(12)11-8(7)2/h4,6-8H,1-2H3,(H,10,11). The van der Waals surface area contributed by atoms with Gasteiger partial charge in [-0.2, -0.15) is 0 Å². The lowest BCUT2D eigenvalue weighted by Crippen LogP contribution is -2.22. The van der Waals surface area contributed by atoms with Gasteiger partial charge in [0.05, 0.1) is 0 Å². The van der Waals surface area contributed by atoms with Crippen molar-refractivity contribution in [3.63, 3.8) is 0 Å². The third-order valence-corrected chi connectivity index (χ3v) is 2.16. The topological polar surface area (TPSA) is 29.9 Å². The molecule has 0 aromatic carbocycles. The number of hydrogen-bond acceptors (Lipinski definition) is 2. The number of aromatic nitrogens is 2. The molecular weight excluding hydrogens is 150 g/mol. The Morgan fingerprint density at radius 1 is 1.58 bits per heavy atom. The van der Waals surface area contributed by atoms with Crippen molar-refractivity contribution < 1.29 is 0 Å². The monoisotopic (exact) mass is 161 g/mol. The maximum Gasteiger partial charge on any atom is 0.215 e. The molecule has 2 unspecified atom stereocenters. The van der Waals surface area contributed by atoms with Gasteiger partial charge in [0.1, 0.15) is 0 Å². The summed E-state index contributed by atoms with van der Waals surface area (Å²) in [7, 11) is 0. The maximum absolute atomic E-state index is 4.15. The molecule has 2 rings (SSSR count). The highest BCUT2D eigenvalue weighted by Gasteiger charge is 2.14. The summed E-state index contributed by atoms with van der Waals surface area (Å²) in [6.07, 6.45) is 3.61. The minimum absolute atomic E-state index is 0.362. The van der Waals surface area contributed by atoms with Crippen molar-refractivity contribution in [2.24, 2.45) is 5.92 Å². The molecule has 0 bridgehead atoms. The molecule has 0 saturated heterocycles. The van der Waals surface area contributed by atoms with Crippen molar-refractivity contribution in [3.8, 4) is 12.0 Å². The van der Waals surface area contributed by atoms with Gasteiger partial charge < -0.3 is 5.32 Å². The van der Waals surface area contributed by atoms with Crippen LogP contribution in [0.2, 0.25) is 0 Å². The summed E-state index contributed by atoms with van der Waals surface area (Å²) in [5, 5.41) is 3.28. The van der Waals surface area contributed by atoms with Gasteiger partial charge in [-0.1, -0.05) is 5.92 Å². The summed E-state index contributed by atoms with van der Waals surface area (Å²) in [6, 6.07) is 3.39. The van der Waals surface area contributed by atoms with E-state index in [0.717, 1.165) is 5.95 Å². The number of fused-ring (bicyclic) bond motifs is 1. The molecule has 1 aliphatic rings. The van der Waals surface area contributed by atoms with Crippen molar-refractivity contribution in [2.45, 2.75) is 19.9 Å². The molecular formula is C9H11N3. The molecule has 12 heavy (non-hydrogen) atoms. The highest BCUT2D eigenvalue weighted by Crippen LogP contribution is 2.12. The van der Waals surface area contributed by atoms with Crippen molar-refractivity contribution >= 4 is 5.95 Å². The number of imidazole rings is 1. The Morgan fingerprint density at radius 3 is 3.25 bits per heavy atom. The molecule has 0 fully saturated rings. The van der Waals surface area contributed by atoms with Crippen LogP contribution in [0.3, 0.4) is 0 Å². The van der Waals surface area contributed by atoms with Crippen LogP contribution < -0.4 is 5.32 Å². The fourth-order valence-electron chi connectivity index (χ4n) is 1.13. The lowest BCUT2D eigenvalue weighted by molar-refractivity contribution is 0.637. The van der Waals surface area contributed by atoms with Gasteiger partial charge in [-0.25, -0.2) is 9.55 Å². The fraction of sp³-hybridized carbons (Fsp3) is 0.444. The van der Waals surface area contributed by atoms with E-state index in [1.54, 1.807) is 6.20 Å². The van der Waals surface area contributed by atoms with Crippen LogP contribution in [0, 0.1) is 17.9 Å². The van der Waals surface area contributed by atoms with Gasteiger partial charge in [0.15, 0.2) is 0 Å². The number of anilines is 1. The molecule has 1 aromatic rings. The lowest BCUT2D eigenvalue weighted by atomic mass is 10.1. The van der Waals surface area contributed by atoms with E-state index >= 15 is 0 Å². The smallest absolute Gasteiger partial charge is 0.215 e. The molecule has 0 aliphatic carbocycles. The predicted octanol–water partition coefficient (Wildman–Crippen LogP) is 1.14. The van der Waals surface area contributed by atoms with Gasteiger partial charge in [-0.15, -0.1) is 0 Å². The van der Waals surface area contributed by atoms with E-state index in [4.69, 9.17) is 0 Å². The molecule has 1 aliphatic heterocycles. The van der Waals surface area contributed by atoms with Gasteiger partial charge in [-0.05, 0) is 13.8 Å². The highest BCUT2D eigenvalue weighted by molar-refractivity contribution is 5.35. The van der Waals surface area contributed by atoms with Gasteiger partial charge in [0, 0.05) is 30.4 Å². The van der Waals surface area contributed by atoms with E-state index < -0.39 is 0 Å². The zero-order valence-corrected chi connectivity index (χ0v) is 7.20. The molecule has 2 heterocycles. The largest absolute Gasteiger partial charge is 0.351 e. The molecule has 0 spiro atoms. The summed E-state index contributed by atoms with van der Waals surface area (Å²) in [6.45, 7) is 4.22. The van der Waals surface area contributed by atoms with Crippen LogP contribution >= 0.6 is 0 Å². The summed E-state index contributed by atoms with van der Waals surface area (Å²) in [5.74, 6) is 4.36. The molecule has 0 radical (unpaired) electrons. The summed E-state index contributed by atoms with van der Waals surface area (Å²) in [5.41, 5.74) is 0. The minimum atomic E-state index is 0.362. The van der Waals surface area contributed by atoms with E-state index in [1.165, 1.54) is 0 Å². The Bertz CT molecular complexity index is 342. The van der Waals surface area contributed by atoms with E-state index in [2.05, 4.69) is 36.1 Å². The van der Waals surface area contributed by atoms with Crippen LogP contribution in [0.1, 0.15) is 13.8 Å². The molecule has 0 saturated carbocycles. The number of nitrogens with zero attached hydrogens (tertiary/aromatic N) is 2. The average molecular weight is 161 g/mol. The van der Waals surface area contributed by atoms with Crippen LogP contribution in [0.15, 0.2) is 12.4 Å². The Kier molecular flexibility index (Phi) is 1.54. The maximum atomic E-state index is 4.15. The number of nitrogens with one attached hydrogen (secondary N) is 1. The summed E-state index contributed by atoms with van der Waals surface area (Å²) >= 11 is 0. The first-order valence-electron chi connectivity index (χ1n) is 4.09. The van der Waals surface area contributed by atoms with E-state index in [9.17, 15) is 0 Å². The first-order valence-corrected chi connectivity index (χ1v) is 4.09. The van der Waals surface area contributed by atoms with Crippen LogP contribution in [0.5, 0.6) is 0 Å². The highest BCUT2D eigenvalue weighted by atomic mass is 15.2. The molecule has 2 atom stereocenters.